The average molecular weight is 489 g/mol. The largest absolute Gasteiger partial charge is 0.495 e. The number of ether oxygens (including phenoxy) is 1. The third-order valence-electron chi connectivity index (χ3n) is 5.71. The van der Waals surface area contributed by atoms with Gasteiger partial charge >= 0.3 is 6.18 Å². The predicted molar refractivity (Wildman–Crippen MR) is 122 cm³/mol. The number of alkyl halides is 3. The van der Waals surface area contributed by atoms with Gasteiger partial charge in [-0.2, -0.15) is 18.3 Å². The van der Waals surface area contributed by atoms with Crippen LogP contribution in [-0.4, -0.2) is 45.8 Å². The molecule has 1 aliphatic rings. The number of amides is 1. The van der Waals surface area contributed by atoms with Crippen LogP contribution in [0.1, 0.15) is 46.4 Å². The van der Waals surface area contributed by atoms with E-state index in [-0.39, 0.29) is 18.4 Å². The van der Waals surface area contributed by atoms with Gasteiger partial charge in [-0.05, 0) is 43.9 Å². The van der Waals surface area contributed by atoms with E-state index in [4.69, 9.17) is 4.74 Å². The second kappa shape index (κ2) is 9.89. The Hall–Kier alpha value is -3.32. The molecule has 1 saturated heterocycles. The molecule has 1 aromatic carbocycles. The Morgan fingerprint density at radius 1 is 1.24 bits per heavy atom. The standard InChI is InChI=1S/C24H23F3N4O2S/c1-16-13-21(24(25,26)27)29-31(16)14-22(32)30-11-9-18(10-12-30)23-28-19(15-34-23)8-7-17-5-3-4-6-20(17)33-2/h3-6,13,15,18H,9-12,14H2,1-2H3. The summed E-state index contributed by atoms with van der Waals surface area (Å²) in [5, 5.41) is 6.45. The number of carbonyl (C=O) groups excluding carboxylic acids is 1. The number of carbonyl (C=O) groups is 1. The SMILES string of the molecule is COc1ccccc1C#Cc1csc(C2CCN(C(=O)Cn3nc(C(F)(F)F)cc3C)CC2)n1. The van der Waals surface area contributed by atoms with Gasteiger partial charge in [0.1, 0.15) is 18.0 Å². The molecule has 1 aliphatic heterocycles. The summed E-state index contributed by atoms with van der Waals surface area (Å²) >= 11 is 1.55. The fraction of sp³-hybridized carbons (Fsp3) is 0.375. The third kappa shape index (κ3) is 5.42. The molecule has 10 heteroatoms. The molecule has 4 rings (SSSR count). The van der Waals surface area contributed by atoms with E-state index in [9.17, 15) is 18.0 Å². The van der Waals surface area contributed by atoms with E-state index < -0.39 is 11.9 Å². The number of aromatic nitrogens is 3. The van der Waals surface area contributed by atoms with Crippen LogP contribution in [0.3, 0.4) is 0 Å². The van der Waals surface area contributed by atoms with Crippen LogP contribution in [0.4, 0.5) is 13.2 Å². The van der Waals surface area contributed by atoms with Gasteiger partial charge in [0.2, 0.25) is 5.91 Å². The van der Waals surface area contributed by atoms with Crippen molar-refractivity contribution in [1.82, 2.24) is 19.7 Å². The average Bonchev–Trinajstić information content (AvgIpc) is 3.45. The van der Waals surface area contributed by atoms with E-state index >= 15 is 0 Å². The molecule has 3 heterocycles. The molecule has 0 radical (unpaired) electrons. The van der Waals surface area contributed by atoms with Crippen LogP contribution in [0.15, 0.2) is 35.7 Å². The quantitative estimate of drug-likeness (QED) is 0.508. The third-order valence-corrected chi connectivity index (χ3v) is 6.71. The highest BCUT2D eigenvalue weighted by Crippen LogP contribution is 2.31. The van der Waals surface area contributed by atoms with E-state index in [2.05, 4.69) is 21.9 Å². The van der Waals surface area contributed by atoms with Gasteiger partial charge in [-0.1, -0.05) is 18.1 Å². The summed E-state index contributed by atoms with van der Waals surface area (Å²) in [5.41, 5.74) is 0.810. The number of methoxy groups -OCH3 is 1. The molecular formula is C24H23F3N4O2S. The monoisotopic (exact) mass is 488 g/mol. The number of para-hydroxylation sites is 1. The Morgan fingerprint density at radius 3 is 2.65 bits per heavy atom. The second-order valence-corrected chi connectivity index (χ2v) is 8.89. The molecule has 0 aliphatic carbocycles. The zero-order chi connectivity index (χ0) is 24.3. The maximum Gasteiger partial charge on any atom is 0.435 e. The molecular weight excluding hydrogens is 465 g/mol. The molecule has 3 aromatic rings. The molecule has 0 bridgehead atoms. The van der Waals surface area contributed by atoms with Crippen LogP contribution in [-0.2, 0) is 17.5 Å². The highest BCUT2D eigenvalue weighted by atomic mass is 32.1. The Kier molecular flexibility index (Phi) is 6.93. The maximum absolute atomic E-state index is 12.9. The van der Waals surface area contributed by atoms with E-state index in [1.54, 1.807) is 23.3 Å². The van der Waals surface area contributed by atoms with Gasteiger partial charge in [0.05, 0.1) is 17.7 Å². The van der Waals surface area contributed by atoms with Gasteiger partial charge in [0, 0.05) is 30.1 Å². The summed E-state index contributed by atoms with van der Waals surface area (Å²) in [6.07, 6.45) is -3.05. The summed E-state index contributed by atoms with van der Waals surface area (Å²) in [6.45, 7) is 2.36. The van der Waals surface area contributed by atoms with Crippen LogP contribution in [0.25, 0.3) is 0 Å². The first kappa shape index (κ1) is 23.8. The van der Waals surface area contributed by atoms with Crippen LogP contribution >= 0.6 is 11.3 Å². The van der Waals surface area contributed by atoms with Crippen LogP contribution < -0.4 is 4.74 Å². The number of benzene rings is 1. The zero-order valence-corrected chi connectivity index (χ0v) is 19.5. The molecule has 1 amide bonds. The molecule has 34 heavy (non-hydrogen) atoms. The summed E-state index contributed by atoms with van der Waals surface area (Å²) in [5.74, 6) is 6.87. The lowest BCUT2D eigenvalue weighted by atomic mass is 9.97. The number of hydrogen-bond acceptors (Lipinski definition) is 5. The highest BCUT2D eigenvalue weighted by molar-refractivity contribution is 7.09. The molecule has 178 valence electrons. The number of halogens is 3. The lowest BCUT2D eigenvalue weighted by Gasteiger charge is -2.31. The number of hydrogen-bond donors (Lipinski definition) is 0. The van der Waals surface area contributed by atoms with E-state index in [0.29, 0.717) is 30.2 Å². The molecule has 1 fully saturated rings. The fourth-order valence-corrected chi connectivity index (χ4v) is 4.75. The summed E-state index contributed by atoms with van der Waals surface area (Å²) in [7, 11) is 1.61. The van der Waals surface area contributed by atoms with Crippen molar-refractivity contribution in [2.24, 2.45) is 0 Å². The summed E-state index contributed by atoms with van der Waals surface area (Å²) in [4.78, 5) is 19.0. The lowest BCUT2D eigenvalue weighted by Crippen LogP contribution is -2.40. The van der Waals surface area contributed by atoms with Gasteiger partial charge in [0.15, 0.2) is 5.69 Å². The second-order valence-electron chi connectivity index (χ2n) is 8.00. The minimum absolute atomic E-state index is 0.202. The topological polar surface area (TPSA) is 60.2 Å². The Morgan fingerprint density at radius 2 is 1.97 bits per heavy atom. The summed E-state index contributed by atoms with van der Waals surface area (Å²) in [6, 6.07) is 8.49. The molecule has 6 nitrogen and oxygen atoms in total. The molecule has 0 unspecified atom stereocenters. The molecule has 0 atom stereocenters. The van der Waals surface area contributed by atoms with Crippen LogP contribution in [0.2, 0.25) is 0 Å². The molecule has 2 aromatic heterocycles. The van der Waals surface area contributed by atoms with Crippen molar-refractivity contribution in [1.29, 1.82) is 0 Å². The maximum atomic E-state index is 12.9. The first-order chi connectivity index (χ1) is 16.2. The first-order valence-corrected chi connectivity index (χ1v) is 11.6. The van der Waals surface area contributed by atoms with Crippen molar-refractivity contribution in [2.45, 2.75) is 38.4 Å². The number of rotatable bonds is 4. The molecule has 0 N–H and O–H groups in total. The van der Waals surface area contributed by atoms with E-state index in [1.807, 2.05) is 29.6 Å². The van der Waals surface area contributed by atoms with Crippen molar-refractivity contribution in [2.75, 3.05) is 20.2 Å². The highest BCUT2D eigenvalue weighted by Gasteiger charge is 2.35. The van der Waals surface area contributed by atoms with Crippen LogP contribution in [0.5, 0.6) is 5.75 Å². The first-order valence-electron chi connectivity index (χ1n) is 10.7. The Balaban J connectivity index is 1.34. The molecule has 0 spiro atoms. The van der Waals surface area contributed by atoms with E-state index in [1.165, 1.54) is 6.92 Å². The van der Waals surface area contributed by atoms with Crippen molar-refractivity contribution in [3.63, 3.8) is 0 Å². The van der Waals surface area contributed by atoms with Gasteiger partial charge in [-0.15, -0.1) is 11.3 Å². The normalized spacial score (nSPS) is 14.6. The Labute approximate surface area is 199 Å². The number of likely N-dealkylation sites (tertiary alicyclic amines) is 1. The predicted octanol–water partition coefficient (Wildman–Crippen LogP) is 4.48. The zero-order valence-electron chi connectivity index (χ0n) is 18.7. The minimum Gasteiger partial charge on any atom is -0.495 e. The number of nitrogens with zero attached hydrogens (tertiary/aromatic N) is 4. The van der Waals surface area contributed by atoms with Crippen molar-refractivity contribution in [3.8, 4) is 17.6 Å². The molecule has 0 saturated carbocycles. The number of aryl methyl sites for hydroxylation is 1. The van der Waals surface area contributed by atoms with Gasteiger partial charge in [-0.25, -0.2) is 4.98 Å². The van der Waals surface area contributed by atoms with Crippen LogP contribution in [0, 0.1) is 18.8 Å². The number of piperidine rings is 1. The van der Waals surface area contributed by atoms with Gasteiger partial charge < -0.3 is 9.64 Å². The van der Waals surface area contributed by atoms with Crippen molar-refractivity contribution < 1.29 is 22.7 Å². The minimum atomic E-state index is -4.53. The fourth-order valence-electron chi connectivity index (χ4n) is 3.82. The smallest absolute Gasteiger partial charge is 0.435 e. The lowest BCUT2D eigenvalue weighted by molar-refractivity contribution is -0.142. The number of thiazole rings is 1. The van der Waals surface area contributed by atoms with Crippen molar-refractivity contribution in [3.05, 3.63) is 63.4 Å². The summed E-state index contributed by atoms with van der Waals surface area (Å²) < 4.78 is 45.0. The van der Waals surface area contributed by atoms with E-state index in [0.717, 1.165) is 34.2 Å². The Bertz CT molecular complexity index is 1230. The van der Waals surface area contributed by atoms with Crippen molar-refractivity contribution >= 4 is 17.2 Å². The van der Waals surface area contributed by atoms with Gasteiger partial charge in [0.25, 0.3) is 0 Å². The van der Waals surface area contributed by atoms with Gasteiger partial charge in [-0.3, -0.25) is 9.48 Å².